The van der Waals surface area contributed by atoms with Crippen LogP contribution in [0.1, 0.15) is 39.2 Å². The van der Waals surface area contributed by atoms with Gasteiger partial charge in [0.05, 0.1) is 10.0 Å². The molecule has 1 atom stereocenters. The largest absolute Gasteiger partial charge is 0.448 e. The van der Waals surface area contributed by atoms with Crippen molar-refractivity contribution in [3.63, 3.8) is 0 Å². The molecule has 1 fully saturated rings. The number of piperidine rings is 1. The highest BCUT2D eigenvalue weighted by molar-refractivity contribution is 6.42. The minimum atomic E-state index is -0.588. The summed E-state index contributed by atoms with van der Waals surface area (Å²) in [6, 6.07) is 5.38. The summed E-state index contributed by atoms with van der Waals surface area (Å²) in [4.78, 5) is 27.7. The van der Waals surface area contributed by atoms with Crippen LogP contribution in [0, 0.1) is 0 Å². The molecular formula is C20H28Cl2N2O4. The van der Waals surface area contributed by atoms with Gasteiger partial charge in [-0.3, -0.25) is 0 Å². The minimum absolute atomic E-state index is 0.126. The number of carbonyl (C=O) groups is 2. The Morgan fingerprint density at radius 3 is 2.46 bits per heavy atom. The van der Waals surface area contributed by atoms with Gasteiger partial charge in [0.25, 0.3) is 0 Å². The average molecular weight is 431 g/mol. The molecule has 156 valence electrons. The number of amides is 2. The van der Waals surface area contributed by atoms with Crippen molar-refractivity contribution in [3.05, 3.63) is 33.8 Å². The normalized spacial score (nSPS) is 19.9. The Bertz CT molecular complexity index is 733. The fraction of sp³-hybridized carbons (Fsp3) is 0.600. The molecule has 0 radical (unpaired) electrons. The molecular weight excluding hydrogens is 403 g/mol. The molecule has 1 aliphatic heterocycles. The van der Waals surface area contributed by atoms with Crippen LogP contribution >= 0.6 is 23.2 Å². The van der Waals surface area contributed by atoms with Gasteiger partial charge in [0, 0.05) is 32.6 Å². The molecule has 0 aliphatic carbocycles. The first-order valence-corrected chi connectivity index (χ1v) is 9.97. The number of hydrogen-bond donors (Lipinski definition) is 0. The number of nitrogens with zero attached hydrogens (tertiary/aromatic N) is 2. The Morgan fingerprint density at radius 2 is 1.89 bits per heavy atom. The van der Waals surface area contributed by atoms with Crippen LogP contribution < -0.4 is 0 Å². The molecule has 1 aromatic rings. The molecule has 1 aromatic carbocycles. The topological polar surface area (TPSA) is 59.1 Å². The lowest BCUT2D eigenvalue weighted by molar-refractivity contribution is 0.00500. The Hall–Kier alpha value is -1.66. The van der Waals surface area contributed by atoms with Crippen molar-refractivity contribution in [2.24, 2.45) is 0 Å². The van der Waals surface area contributed by atoms with Crippen LogP contribution in [-0.4, -0.2) is 61.4 Å². The third kappa shape index (κ3) is 5.67. The Kier molecular flexibility index (Phi) is 7.10. The highest BCUT2D eigenvalue weighted by Crippen LogP contribution is 2.38. The number of likely N-dealkylation sites (tertiary alicyclic amines) is 1. The summed E-state index contributed by atoms with van der Waals surface area (Å²) < 4.78 is 11.1. The summed E-state index contributed by atoms with van der Waals surface area (Å²) >= 11 is 12.3. The third-order valence-corrected chi connectivity index (χ3v) is 5.34. The molecule has 28 heavy (non-hydrogen) atoms. The predicted octanol–water partition coefficient (Wildman–Crippen LogP) is 4.96. The van der Waals surface area contributed by atoms with E-state index in [4.69, 9.17) is 32.7 Å². The number of benzene rings is 1. The fourth-order valence-corrected chi connectivity index (χ4v) is 3.50. The summed E-state index contributed by atoms with van der Waals surface area (Å²) in [5.41, 5.74) is -0.297. The van der Waals surface area contributed by atoms with Gasteiger partial charge >= 0.3 is 12.2 Å². The van der Waals surface area contributed by atoms with Gasteiger partial charge in [0.2, 0.25) is 0 Å². The first-order valence-electron chi connectivity index (χ1n) is 9.21. The summed E-state index contributed by atoms with van der Waals surface area (Å²) in [6.07, 6.45) is 0.675. The summed E-state index contributed by atoms with van der Waals surface area (Å²) in [6.45, 7) is 6.57. The smallest absolute Gasteiger partial charge is 0.410 e. The van der Waals surface area contributed by atoms with E-state index in [1.165, 1.54) is 4.90 Å². The van der Waals surface area contributed by atoms with Crippen molar-refractivity contribution < 1.29 is 19.1 Å². The number of rotatable bonds is 3. The fourth-order valence-electron chi connectivity index (χ4n) is 3.21. The number of carbonyl (C=O) groups excluding carboxylic acids is 2. The zero-order valence-electron chi connectivity index (χ0n) is 17.1. The van der Waals surface area contributed by atoms with E-state index in [0.29, 0.717) is 23.1 Å². The van der Waals surface area contributed by atoms with Gasteiger partial charge in [-0.25, -0.2) is 9.59 Å². The molecule has 0 N–H and O–H groups in total. The molecule has 0 unspecified atom stereocenters. The van der Waals surface area contributed by atoms with E-state index in [-0.39, 0.29) is 12.7 Å². The molecule has 1 heterocycles. The van der Waals surface area contributed by atoms with E-state index < -0.39 is 17.1 Å². The quantitative estimate of drug-likeness (QED) is 0.679. The molecule has 1 aliphatic rings. The Labute approximate surface area is 176 Å². The first-order chi connectivity index (χ1) is 12.9. The minimum Gasteiger partial charge on any atom is -0.448 e. The second-order valence-corrected chi connectivity index (χ2v) is 9.18. The van der Waals surface area contributed by atoms with Crippen LogP contribution in [0.3, 0.4) is 0 Å². The predicted molar refractivity (Wildman–Crippen MR) is 110 cm³/mol. The average Bonchev–Trinajstić information content (AvgIpc) is 2.60. The molecule has 1 saturated heterocycles. The maximum atomic E-state index is 12.6. The zero-order valence-corrected chi connectivity index (χ0v) is 18.6. The maximum absolute atomic E-state index is 12.6. The van der Waals surface area contributed by atoms with E-state index in [9.17, 15) is 9.59 Å². The van der Waals surface area contributed by atoms with Crippen molar-refractivity contribution in [2.75, 3.05) is 33.8 Å². The zero-order chi connectivity index (χ0) is 21.1. The van der Waals surface area contributed by atoms with Crippen LogP contribution in [0.15, 0.2) is 18.2 Å². The second kappa shape index (κ2) is 8.78. The number of halogens is 2. The third-order valence-electron chi connectivity index (χ3n) is 4.60. The van der Waals surface area contributed by atoms with Crippen molar-refractivity contribution in [2.45, 2.75) is 44.6 Å². The van der Waals surface area contributed by atoms with Gasteiger partial charge in [-0.1, -0.05) is 29.3 Å². The molecule has 8 heteroatoms. The van der Waals surface area contributed by atoms with Crippen LogP contribution in [0.25, 0.3) is 0 Å². The lowest BCUT2D eigenvalue weighted by atomic mass is 9.74. The highest BCUT2D eigenvalue weighted by atomic mass is 35.5. The van der Waals surface area contributed by atoms with Gasteiger partial charge in [-0.2, -0.15) is 0 Å². The monoisotopic (exact) mass is 430 g/mol. The second-order valence-electron chi connectivity index (χ2n) is 8.36. The molecule has 2 amide bonds. The van der Waals surface area contributed by atoms with Crippen LogP contribution in [-0.2, 0) is 14.9 Å². The van der Waals surface area contributed by atoms with Crippen LogP contribution in [0.4, 0.5) is 9.59 Å². The van der Waals surface area contributed by atoms with Crippen molar-refractivity contribution in [1.82, 2.24) is 9.80 Å². The maximum Gasteiger partial charge on any atom is 0.410 e. The molecule has 6 nitrogen and oxygen atoms in total. The van der Waals surface area contributed by atoms with Crippen molar-refractivity contribution >= 4 is 35.4 Å². The molecule has 0 spiro atoms. The van der Waals surface area contributed by atoms with E-state index in [0.717, 1.165) is 18.4 Å². The van der Waals surface area contributed by atoms with Gasteiger partial charge in [0.15, 0.2) is 0 Å². The Morgan fingerprint density at radius 1 is 1.21 bits per heavy atom. The van der Waals surface area contributed by atoms with Crippen LogP contribution in [0.2, 0.25) is 10.0 Å². The van der Waals surface area contributed by atoms with Gasteiger partial charge in [-0.05, 0) is 51.3 Å². The van der Waals surface area contributed by atoms with Crippen LogP contribution in [0.5, 0.6) is 0 Å². The molecule has 0 bridgehead atoms. The number of hydrogen-bond acceptors (Lipinski definition) is 4. The van der Waals surface area contributed by atoms with E-state index >= 15 is 0 Å². The highest BCUT2D eigenvalue weighted by Gasteiger charge is 2.41. The molecule has 2 rings (SSSR count). The van der Waals surface area contributed by atoms with Gasteiger partial charge in [-0.15, -0.1) is 0 Å². The van der Waals surface area contributed by atoms with Gasteiger partial charge in [0.1, 0.15) is 12.2 Å². The lowest BCUT2D eigenvalue weighted by Gasteiger charge is -2.43. The lowest BCUT2D eigenvalue weighted by Crippen LogP contribution is -2.52. The Balaban J connectivity index is 2.33. The summed E-state index contributed by atoms with van der Waals surface area (Å²) in [5, 5.41) is 0.873. The van der Waals surface area contributed by atoms with E-state index in [1.54, 1.807) is 31.1 Å². The SMILES string of the molecule is CN(C)C(=O)OC[C@]1(c2ccc(Cl)c(Cl)c2)CCCN(C(=O)OC(C)(C)C)C1. The first kappa shape index (κ1) is 22.6. The number of ether oxygens (including phenoxy) is 2. The molecule has 0 aromatic heterocycles. The van der Waals surface area contributed by atoms with Crippen molar-refractivity contribution in [3.8, 4) is 0 Å². The summed E-state index contributed by atoms with van der Waals surface area (Å²) in [5.74, 6) is 0. The van der Waals surface area contributed by atoms with Gasteiger partial charge < -0.3 is 19.3 Å². The molecule has 0 saturated carbocycles. The van der Waals surface area contributed by atoms with E-state index in [2.05, 4.69) is 0 Å². The van der Waals surface area contributed by atoms with E-state index in [1.807, 2.05) is 26.8 Å². The van der Waals surface area contributed by atoms with Crippen molar-refractivity contribution in [1.29, 1.82) is 0 Å². The standard InChI is InChI=1S/C20H28Cl2N2O4/c1-19(2,3)28-18(26)24-10-6-9-20(12-24,13-27-17(25)23(4)5)14-7-8-15(21)16(22)11-14/h7-8,11H,6,9-10,12-13H2,1-5H3/t20-/m0/s1. The summed E-state index contributed by atoms with van der Waals surface area (Å²) in [7, 11) is 3.25.